The first-order chi connectivity index (χ1) is 9.53. The van der Waals surface area contributed by atoms with Crippen LogP contribution in [-0.4, -0.2) is 18.5 Å². The molecule has 1 aromatic heterocycles. The van der Waals surface area contributed by atoms with Crippen LogP contribution in [0.2, 0.25) is 0 Å². The van der Waals surface area contributed by atoms with E-state index in [-0.39, 0.29) is 11.4 Å². The Morgan fingerprint density at radius 1 is 1.45 bits per heavy atom. The first-order valence-electron chi connectivity index (χ1n) is 6.19. The molecule has 1 heterocycles. The van der Waals surface area contributed by atoms with E-state index in [0.29, 0.717) is 17.0 Å². The molecule has 2 N–H and O–H groups in total. The Balaban J connectivity index is 2.16. The lowest BCUT2D eigenvalue weighted by molar-refractivity contribution is 0.173. The quantitative estimate of drug-likeness (QED) is 0.856. The molecule has 0 radical (unpaired) electrons. The van der Waals surface area contributed by atoms with Gasteiger partial charge in [0.1, 0.15) is 5.01 Å². The fourth-order valence-electron chi connectivity index (χ4n) is 1.71. The van der Waals surface area contributed by atoms with Crippen molar-refractivity contribution in [3.63, 3.8) is 0 Å². The minimum absolute atomic E-state index is 0.152. The molecule has 1 aromatic carbocycles. The molecule has 0 aliphatic rings. The third kappa shape index (κ3) is 3.63. The largest absolute Gasteiger partial charge is 0.388 e. The third-order valence-corrected chi connectivity index (χ3v) is 5.02. The van der Waals surface area contributed by atoms with Crippen LogP contribution in [0.5, 0.6) is 0 Å². The van der Waals surface area contributed by atoms with Gasteiger partial charge in [-0.05, 0) is 24.1 Å². The minimum Gasteiger partial charge on any atom is -0.388 e. The fourth-order valence-corrected chi connectivity index (χ4v) is 3.39. The van der Waals surface area contributed by atoms with Crippen LogP contribution in [0.1, 0.15) is 30.0 Å². The van der Waals surface area contributed by atoms with Crippen molar-refractivity contribution in [3.8, 4) is 0 Å². The monoisotopic (exact) mass is 312 g/mol. The van der Waals surface area contributed by atoms with Crippen molar-refractivity contribution in [2.24, 2.45) is 0 Å². The summed E-state index contributed by atoms with van der Waals surface area (Å²) in [5, 5.41) is 12.3. The van der Waals surface area contributed by atoms with Crippen molar-refractivity contribution in [1.29, 1.82) is 0 Å². The Labute approximate surface area is 122 Å². The number of aromatic nitrogens is 1. The van der Waals surface area contributed by atoms with Crippen LogP contribution in [0.25, 0.3) is 0 Å². The summed E-state index contributed by atoms with van der Waals surface area (Å²) in [5.74, 6) is 0. The van der Waals surface area contributed by atoms with Gasteiger partial charge in [0.15, 0.2) is 0 Å². The Morgan fingerprint density at radius 3 is 2.90 bits per heavy atom. The molecule has 108 valence electrons. The average Bonchev–Trinajstić information content (AvgIpc) is 2.98. The van der Waals surface area contributed by atoms with Crippen LogP contribution in [0.3, 0.4) is 0 Å². The molecule has 1 atom stereocenters. The second kappa shape index (κ2) is 6.45. The Morgan fingerprint density at radius 2 is 2.25 bits per heavy atom. The molecule has 0 amide bonds. The highest BCUT2D eigenvalue weighted by molar-refractivity contribution is 7.89. The second-order valence-corrected chi connectivity index (χ2v) is 6.99. The lowest BCUT2D eigenvalue weighted by atomic mass is 10.1. The van der Waals surface area contributed by atoms with Crippen LogP contribution < -0.4 is 4.72 Å². The molecule has 1 unspecified atom stereocenters. The van der Waals surface area contributed by atoms with Gasteiger partial charge in [0.2, 0.25) is 10.0 Å². The normalized spacial score (nSPS) is 13.3. The predicted molar refractivity (Wildman–Crippen MR) is 77.8 cm³/mol. The maximum atomic E-state index is 12.2. The number of sulfonamides is 1. The van der Waals surface area contributed by atoms with Gasteiger partial charge in [-0.3, -0.25) is 0 Å². The lowest BCUT2D eigenvalue weighted by Crippen LogP contribution is -2.23. The summed E-state index contributed by atoms with van der Waals surface area (Å²) in [6.07, 6.45) is 1.52. The van der Waals surface area contributed by atoms with E-state index in [2.05, 4.69) is 9.71 Å². The van der Waals surface area contributed by atoms with E-state index in [9.17, 15) is 13.5 Å². The average molecular weight is 312 g/mol. The summed E-state index contributed by atoms with van der Waals surface area (Å²) in [4.78, 5) is 4.18. The molecule has 2 aromatic rings. The number of aliphatic hydroxyl groups excluding tert-OH is 1. The number of nitrogens with one attached hydrogen (secondary N) is 1. The fraction of sp³-hybridized carbons (Fsp3) is 0.308. The SMILES string of the molecule is CCC(O)c1cccc(S(=O)(=O)NCc2nccs2)c1. The first-order valence-corrected chi connectivity index (χ1v) is 8.55. The zero-order valence-corrected chi connectivity index (χ0v) is 12.6. The highest BCUT2D eigenvalue weighted by Crippen LogP contribution is 2.20. The molecule has 0 saturated heterocycles. The molecule has 0 bridgehead atoms. The van der Waals surface area contributed by atoms with Gasteiger partial charge in [0.25, 0.3) is 0 Å². The van der Waals surface area contributed by atoms with Crippen molar-refractivity contribution in [2.45, 2.75) is 30.9 Å². The van der Waals surface area contributed by atoms with E-state index in [1.165, 1.54) is 23.5 Å². The Bertz CT molecular complexity index is 654. The van der Waals surface area contributed by atoms with E-state index < -0.39 is 16.1 Å². The van der Waals surface area contributed by atoms with E-state index >= 15 is 0 Å². The van der Waals surface area contributed by atoms with Crippen molar-refractivity contribution in [2.75, 3.05) is 0 Å². The number of thiazole rings is 1. The van der Waals surface area contributed by atoms with Crippen molar-refractivity contribution in [3.05, 3.63) is 46.4 Å². The molecule has 0 aliphatic carbocycles. The number of hydrogen-bond donors (Lipinski definition) is 2. The molecule has 2 rings (SSSR count). The highest BCUT2D eigenvalue weighted by atomic mass is 32.2. The summed E-state index contributed by atoms with van der Waals surface area (Å²) in [7, 11) is -3.60. The molecule has 0 aliphatic heterocycles. The number of aliphatic hydroxyl groups is 1. The van der Waals surface area contributed by atoms with Crippen LogP contribution in [0.15, 0.2) is 40.7 Å². The Hall–Kier alpha value is -1.28. The minimum atomic E-state index is -3.60. The van der Waals surface area contributed by atoms with Gasteiger partial charge >= 0.3 is 0 Å². The van der Waals surface area contributed by atoms with E-state index in [4.69, 9.17) is 0 Å². The zero-order valence-electron chi connectivity index (χ0n) is 11.0. The third-order valence-electron chi connectivity index (χ3n) is 2.84. The summed E-state index contributed by atoms with van der Waals surface area (Å²) in [6, 6.07) is 6.36. The van der Waals surface area contributed by atoms with Gasteiger partial charge in [0.05, 0.1) is 17.5 Å². The van der Waals surface area contributed by atoms with Gasteiger partial charge in [-0.25, -0.2) is 18.1 Å². The summed E-state index contributed by atoms with van der Waals surface area (Å²) in [5.41, 5.74) is 0.602. The molecular formula is C13H16N2O3S2. The van der Waals surface area contributed by atoms with Gasteiger partial charge in [-0.2, -0.15) is 0 Å². The van der Waals surface area contributed by atoms with E-state index in [1.807, 2.05) is 6.92 Å². The Kier molecular flexibility index (Phi) is 4.87. The summed E-state index contributed by atoms with van der Waals surface area (Å²) in [6.45, 7) is 2.01. The molecular weight excluding hydrogens is 296 g/mol. The molecule has 7 heteroatoms. The highest BCUT2D eigenvalue weighted by Gasteiger charge is 2.16. The van der Waals surface area contributed by atoms with Crippen molar-refractivity contribution < 1.29 is 13.5 Å². The molecule has 0 fully saturated rings. The number of benzene rings is 1. The van der Waals surface area contributed by atoms with Crippen molar-refractivity contribution in [1.82, 2.24) is 9.71 Å². The standard InChI is InChI=1S/C13H16N2O3S2/c1-2-12(16)10-4-3-5-11(8-10)20(17,18)15-9-13-14-6-7-19-13/h3-8,12,15-16H,2,9H2,1H3. The van der Waals surface area contributed by atoms with Crippen molar-refractivity contribution >= 4 is 21.4 Å². The first kappa shape index (κ1) is 15.1. The van der Waals surface area contributed by atoms with Gasteiger partial charge < -0.3 is 5.11 Å². The second-order valence-electron chi connectivity index (χ2n) is 4.25. The molecule has 20 heavy (non-hydrogen) atoms. The van der Waals surface area contributed by atoms with Gasteiger partial charge in [-0.15, -0.1) is 11.3 Å². The topological polar surface area (TPSA) is 79.3 Å². The number of hydrogen-bond acceptors (Lipinski definition) is 5. The molecule has 0 saturated carbocycles. The zero-order chi connectivity index (χ0) is 14.6. The van der Waals surface area contributed by atoms with Crippen LogP contribution in [0, 0.1) is 0 Å². The number of rotatable bonds is 6. The van der Waals surface area contributed by atoms with E-state index in [1.54, 1.807) is 23.7 Å². The van der Waals surface area contributed by atoms with Crippen LogP contribution in [0.4, 0.5) is 0 Å². The maximum absolute atomic E-state index is 12.2. The lowest BCUT2D eigenvalue weighted by Gasteiger charge is -2.10. The number of nitrogens with zero attached hydrogens (tertiary/aromatic N) is 1. The summed E-state index contributed by atoms with van der Waals surface area (Å²) < 4.78 is 26.8. The smallest absolute Gasteiger partial charge is 0.240 e. The summed E-state index contributed by atoms with van der Waals surface area (Å²) >= 11 is 1.39. The van der Waals surface area contributed by atoms with Gasteiger partial charge in [0, 0.05) is 11.6 Å². The molecule has 5 nitrogen and oxygen atoms in total. The maximum Gasteiger partial charge on any atom is 0.240 e. The predicted octanol–water partition coefficient (Wildman–Crippen LogP) is 2.07. The van der Waals surface area contributed by atoms with Crippen LogP contribution in [-0.2, 0) is 16.6 Å². The van der Waals surface area contributed by atoms with Crippen LogP contribution >= 0.6 is 11.3 Å². The van der Waals surface area contributed by atoms with Gasteiger partial charge in [-0.1, -0.05) is 19.1 Å². The molecule has 0 spiro atoms. The van der Waals surface area contributed by atoms with E-state index in [0.717, 1.165) is 0 Å².